The maximum atomic E-state index is 5.76. The smallest absolute Gasteiger partial charge is 0.224 e. The molecule has 0 aromatic carbocycles. The molecule has 0 spiro atoms. The molecular formula is C14H19N7OS. The van der Waals surface area contributed by atoms with Crippen LogP contribution in [0.3, 0.4) is 0 Å². The number of aromatic nitrogens is 5. The highest BCUT2D eigenvalue weighted by atomic mass is 32.1. The normalized spacial score (nSPS) is 12.7. The zero-order chi connectivity index (χ0) is 16.4. The van der Waals surface area contributed by atoms with Crippen molar-refractivity contribution in [2.75, 3.05) is 24.3 Å². The summed E-state index contributed by atoms with van der Waals surface area (Å²) in [4.78, 5) is 22.2. The zero-order valence-electron chi connectivity index (χ0n) is 13.3. The van der Waals surface area contributed by atoms with Crippen LogP contribution in [0.1, 0.15) is 30.7 Å². The lowest BCUT2D eigenvalue weighted by Crippen LogP contribution is -2.19. The van der Waals surface area contributed by atoms with Gasteiger partial charge in [0.25, 0.3) is 0 Å². The van der Waals surface area contributed by atoms with Gasteiger partial charge in [0.15, 0.2) is 11.5 Å². The number of nitrogens with one attached hydrogen (secondary N) is 1. The van der Waals surface area contributed by atoms with Crippen LogP contribution in [0.4, 0.5) is 11.8 Å². The second-order valence-corrected chi connectivity index (χ2v) is 6.03. The topological polar surface area (TPSA) is 106 Å². The van der Waals surface area contributed by atoms with Crippen molar-refractivity contribution in [2.45, 2.75) is 26.5 Å². The second-order valence-electron chi connectivity index (χ2n) is 5.14. The fourth-order valence-electron chi connectivity index (χ4n) is 2.33. The molecule has 3 heterocycles. The fraction of sp³-hybridized carbons (Fsp3) is 0.429. The van der Waals surface area contributed by atoms with Gasteiger partial charge in [0.1, 0.15) is 16.6 Å². The standard InChI is InChI=1S/C14H19N7OS/c1-4-22-8(2)13-18-9(6-23-13)5-21(3)12-10-11(17-7-16-10)19-14(15)20-12/h6-8H,4-5H2,1-3H3,(H3,15,16,17,19,20)/t8-/m0/s1. The average molecular weight is 333 g/mol. The molecule has 9 heteroatoms. The van der Waals surface area contributed by atoms with E-state index in [1.165, 1.54) is 0 Å². The number of H-pyrrole nitrogens is 1. The lowest BCUT2D eigenvalue weighted by atomic mass is 10.4. The number of hydrogen-bond acceptors (Lipinski definition) is 8. The highest BCUT2D eigenvalue weighted by Crippen LogP contribution is 2.25. The van der Waals surface area contributed by atoms with E-state index < -0.39 is 0 Å². The molecule has 3 aromatic heterocycles. The molecule has 23 heavy (non-hydrogen) atoms. The number of fused-ring (bicyclic) bond motifs is 1. The number of nitrogens with zero attached hydrogens (tertiary/aromatic N) is 5. The third-order valence-corrected chi connectivity index (χ3v) is 4.43. The monoisotopic (exact) mass is 333 g/mol. The van der Waals surface area contributed by atoms with Crippen LogP contribution in [0, 0.1) is 0 Å². The predicted molar refractivity (Wildman–Crippen MR) is 90.4 cm³/mol. The van der Waals surface area contributed by atoms with Crippen LogP contribution in [0.25, 0.3) is 11.2 Å². The molecule has 3 N–H and O–H groups in total. The molecule has 8 nitrogen and oxygen atoms in total. The first kappa shape index (κ1) is 15.6. The third-order valence-electron chi connectivity index (χ3n) is 3.38. The number of imidazole rings is 1. The van der Waals surface area contributed by atoms with Crippen LogP contribution >= 0.6 is 11.3 Å². The van der Waals surface area contributed by atoms with Gasteiger partial charge in [-0.25, -0.2) is 9.97 Å². The van der Waals surface area contributed by atoms with E-state index in [4.69, 9.17) is 10.5 Å². The number of anilines is 2. The molecule has 0 bridgehead atoms. The van der Waals surface area contributed by atoms with Gasteiger partial charge in [-0.2, -0.15) is 9.97 Å². The molecule has 0 amide bonds. The summed E-state index contributed by atoms with van der Waals surface area (Å²) < 4.78 is 5.58. The largest absolute Gasteiger partial charge is 0.372 e. The van der Waals surface area contributed by atoms with Gasteiger partial charge in [-0.05, 0) is 13.8 Å². The van der Waals surface area contributed by atoms with E-state index in [0.717, 1.165) is 16.2 Å². The first-order valence-corrected chi connectivity index (χ1v) is 8.20. The number of thiazole rings is 1. The predicted octanol–water partition coefficient (Wildman–Crippen LogP) is 2.13. The van der Waals surface area contributed by atoms with Gasteiger partial charge < -0.3 is 20.4 Å². The summed E-state index contributed by atoms with van der Waals surface area (Å²) in [7, 11) is 1.94. The van der Waals surface area contributed by atoms with Crippen molar-refractivity contribution in [3.63, 3.8) is 0 Å². The van der Waals surface area contributed by atoms with E-state index in [1.807, 2.05) is 31.2 Å². The minimum Gasteiger partial charge on any atom is -0.372 e. The van der Waals surface area contributed by atoms with Gasteiger partial charge in [0.2, 0.25) is 5.95 Å². The molecule has 0 aliphatic heterocycles. The van der Waals surface area contributed by atoms with Gasteiger partial charge >= 0.3 is 0 Å². The Morgan fingerprint density at radius 2 is 2.22 bits per heavy atom. The summed E-state index contributed by atoms with van der Waals surface area (Å²) in [6.07, 6.45) is 1.60. The molecule has 0 fully saturated rings. The Kier molecular flexibility index (Phi) is 4.39. The molecule has 0 aliphatic rings. The highest BCUT2D eigenvalue weighted by molar-refractivity contribution is 7.09. The van der Waals surface area contributed by atoms with Gasteiger partial charge in [-0.3, -0.25) is 0 Å². The molecule has 122 valence electrons. The quantitative estimate of drug-likeness (QED) is 0.711. The Morgan fingerprint density at radius 1 is 1.39 bits per heavy atom. The average Bonchev–Trinajstić information content (AvgIpc) is 3.15. The Morgan fingerprint density at radius 3 is 3.00 bits per heavy atom. The first-order chi connectivity index (χ1) is 11.1. The van der Waals surface area contributed by atoms with Crippen molar-refractivity contribution in [2.24, 2.45) is 0 Å². The summed E-state index contributed by atoms with van der Waals surface area (Å²) in [5, 5.41) is 3.01. The third kappa shape index (κ3) is 3.25. The lowest BCUT2D eigenvalue weighted by molar-refractivity contribution is 0.0761. The van der Waals surface area contributed by atoms with Gasteiger partial charge in [0.05, 0.1) is 18.6 Å². The number of nitrogens with two attached hydrogens (primary N) is 1. The fourth-order valence-corrected chi connectivity index (χ4v) is 3.15. The Labute approximate surface area is 137 Å². The first-order valence-electron chi connectivity index (χ1n) is 7.32. The minimum atomic E-state index is 0.0121. The highest BCUT2D eigenvalue weighted by Gasteiger charge is 2.15. The molecule has 3 aromatic rings. The van der Waals surface area contributed by atoms with Crippen molar-refractivity contribution in [3.05, 3.63) is 22.4 Å². The molecule has 0 radical (unpaired) electrons. The van der Waals surface area contributed by atoms with E-state index in [9.17, 15) is 0 Å². The molecule has 0 saturated heterocycles. The summed E-state index contributed by atoms with van der Waals surface area (Å²) in [6.45, 7) is 5.27. The van der Waals surface area contributed by atoms with Crippen LogP contribution in [0.15, 0.2) is 11.7 Å². The second kappa shape index (κ2) is 6.47. The van der Waals surface area contributed by atoms with Crippen molar-refractivity contribution in [1.82, 2.24) is 24.9 Å². The summed E-state index contributed by atoms with van der Waals surface area (Å²) in [5.41, 5.74) is 8.04. The Bertz CT molecular complexity index is 799. The van der Waals surface area contributed by atoms with Gasteiger partial charge in [-0.1, -0.05) is 0 Å². The molecular weight excluding hydrogens is 314 g/mol. The summed E-state index contributed by atoms with van der Waals surface area (Å²) >= 11 is 1.60. The van der Waals surface area contributed by atoms with Crippen molar-refractivity contribution in [3.8, 4) is 0 Å². The maximum absolute atomic E-state index is 5.76. The SMILES string of the molecule is CCO[C@@H](C)c1nc(CN(C)c2nc(N)nc3nc[nH]c23)cs1. The molecule has 0 unspecified atom stereocenters. The van der Waals surface area contributed by atoms with Crippen LogP contribution < -0.4 is 10.6 Å². The van der Waals surface area contributed by atoms with E-state index in [2.05, 4.69) is 24.9 Å². The van der Waals surface area contributed by atoms with Crippen LogP contribution in [-0.2, 0) is 11.3 Å². The van der Waals surface area contributed by atoms with E-state index in [-0.39, 0.29) is 12.1 Å². The zero-order valence-corrected chi connectivity index (χ0v) is 14.1. The van der Waals surface area contributed by atoms with Crippen LogP contribution in [-0.4, -0.2) is 38.6 Å². The molecule has 3 rings (SSSR count). The number of aromatic amines is 1. The number of ether oxygens (including phenoxy) is 1. The molecule has 0 aliphatic carbocycles. The number of nitrogen functional groups attached to an aromatic ring is 1. The van der Waals surface area contributed by atoms with E-state index >= 15 is 0 Å². The van der Waals surface area contributed by atoms with Gasteiger partial charge in [-0.15, -0.1) is 11.3 Å². The molecule has 0 saturated carbocycles. The number of rotatable bonds is 6. The Balaban J connectivity index is 1.81. The van der Waals surface area contributed by atoms with Crippen LogP contribution in [0.2, 0.25) is 0 Å². The molecule has 1 atom stereocenters. The van der Waals surface area contributed by atoms with Crippen molar-refractivity contribution < 1.29 is 4.74 Å². The van der Waals surface area contributed by atoms with Crippen molar-refractivity contribution in [1.29, 1.82) is 0 Å². The van der Waals surface area contributed by atoms with E-state index in [0.29, 0.717) is 24.6 Å². The summed E-state index contributed by atoms with van der Waals surface area (Å²) in [6, 6.07) is 0. The van der Waals surface area contributed by atoms with Gasteiger partial charge in [0, 0.05) is 19.0 Å². The van der Waals surface area contributed by atoms with E-state index in [1.54, 1.807) is 17.7 Å². The lowest BCUT2D eigenvalue weighted by Gasteiger charge is -2.17. The minimum absolute atomic E-state index is 0.0121. The van der Waals surface area contributed by atoms with Crippen LogP contribution in [0.5, 0.6) is 0 Å². The number of hydrogen-bond donors (Lipinski definition) is 2. The summed E-state index contributed by atoms with van der Waals surface area (Å²) in [5.74, 6) is 0.910. The maximum Gasteiger partial charge on any atom is 0.224 e. The van der Waals surface area contributed by atoms with Crippen molar-refractivity contribution >= 4 is 34.3 Å². The Hall–Kier alpha value is -2.26.